The van der Waals surface area contributed by atoms with E-state index >= 15 is 0 Å². The van der Waals surface area contributed by atoms with E-state index in [-0.39, 0.29) is 30.2 Å². The van der Waals surface area contributed by atoms with Crippen molar-refractivity contribution in [1.82, 2.24) is 20.4 Å². The normalized spacial score (nSPS) is 27.3. The minimum Gasteiger partial charge on any atom is -0.297 e. The molecule has 3 unspecified atom stereocenters. The highest BCUT2D eigenvalue weighted by atomic mass is 16.2. The zero-order valence-electron chi connectivity index (χ0n) is 17.3. The van der Waals surface area contributed by atoms with Crippen LogP contribution in [0.5, 0.6) is 0 Å². The molecule has 0 spiro atoms. The molecule has 1 aliphatic heterocycles. The molecule has 2 aliphatic rings. The van der Waals surface area contributed by atoms with Crippen molar-refractivity contribution < 1.29 is 9.59 Å². The summed E-state index contributed by atoms with van der Waals surface area (Å²) in [5.41, 5.74) is -0.750. The predicted octanol–water partition coefficient (Wildman–Crippen LogP) is 3.28. The molecule has 1 saturated carbocycles. The number of hydrogen-bond donors (Lipinski definition) is 2. The van der Waals surface area contributed by atoms with Gasteiger partial charge in [0.2, 0.25) is 0 Å². The second kappa shape index (κ2) is 9.18. The Morgan fingerprint density at radius 2 is 1.54 bits per heavy atom. The van der Waals surface area contributed by atoms with Crippen molar-refractivity contribution >= 4 is 11.9 Å². The molecule has 2 fully saturated rings. The third-order valence-electron chi connectivity index (χ3n) is 6.12. The Hall–Kier alpha value is -1.14. The molecule has 1 heterocycles. The Bertz CT molecular complexity index is 492. The van der Waals surface area contributed by atoms with Crippen LogP contribution in [-0.2, 0) is 4.79 Å². The highest BCUT2D eigenvalue weighted by Crippen LogP contribution is 2.43. The van der Waals surface area contributed by atoms with Gasteiger partial charge in [-0.05, 0) is 65.5 Å². The van der Waals surface area contributed by atoms with Gasteiger partial charge < -0.3 is 0 Å². The van der Waals surface area contributed by atoms with Crippen LogP contribution in [0.3, 0.4) is 0 Å². The molecule has 1 saturated heterocycles. The van der Waals surface area contributed by atoms with Gasteiger partial charge in [0, 0.05) is 0 Å². The summed E-state index contributed by atoms with van der Waals surface area (Å²) in [6, 6.07) is -0.157. The van der Waals surface area contributed by atoms with Crippen molar-refractivity contribution in [3.8, 4) is 0 Å². The average molecular weight is 367 g/mol. The topological polar surface area (TPSA) is 64.7 Å². The van der Waals surface area contributed by atoms with Gasteiger partial charge in [-0.3, -0.25) is 20.3 Å². The molecular weight excluding hydrogens is 328 g/mol. The maximum Gasteiger partial charge on any atom is 0.330 e. The predicted molar refractivity (Wildman–Crippen MR) is 105 cm³/mol. The second-order valence-corrected chi connectivity index (χ2v) is 8.07. The maximum absolute atomic E-state index is 13.5. The van der Waals surface area contributed by atoms with Crippen LogP contribution in [0, 0.1) is 5.92 Å². The number of nitrogens with one attached hydrogen (secondary N) is 2. The van der Waals surface area contributed by atoms with E-state index < -0.39 is 5.54 Å². The number of amides is 3. The third kappa shape index (κ3) is 3.91. The van der Waals surface area contributed by atoms with Gasteiger partial charge in [-0.2, -0.15) is 0 Å². The molecule has 0 bridgehead atoms. The van der Waals surface area contributed by atoms with Crippen molar-refractivity contribution in [3.63, 3.8) is 0 Å². The van der Waals surface area contributed by atoms with Gasteiger partial charge in [0.1, 0.15) is 5.54 Å². The summed E-state index contributed by atoms with van der Waals surface area (Å²) in [5.74, 6) is 0.206. The fraction of sp³-hybridized carbons (Fsp3) is 0.900. The van der Waals surface area contributed by atoms with Gasteiger partial charge in [0.15, 0.2) is 0 Å². The fourth-order valence-electron chi connectivity index (χ4n) is 4.58. The first-order chi connectivity index (χ1) is 12.4. The van der Waals surface area contributed by atoms with Gasteiger partial charge in [-0.15, -0.1) is 0 Å². The molecule has 3 amide bonds. The summed E-state index contributed by atoms with van der Waals surface area (Å²) in [6.07, 6.45) is 7.12. The SMILES string of the molecule is CCCNC(C)N1C(=O)N(C(C)NCCC)C(C)(C2CCCCC2)C1=O. The van der Waals surface area contributed by atoms with E-state index in [0.29, 0.717) is 0 Å². The Morgan fingerprint density at radius 1 is 1.00 bits per heavy atom. The quantitative estimate of drug-likeness (QED) is 0.615. The maximum atomic E-state index is 13.5. The molecule has 2 rings (SSSR count). The summed E-state index contributed by atoms with van der Waals surface area (Å²) < 4.78 is 0. The lowest BCUT2D eigenvalue weighted by Crippen LogP contribution is -2.59. The zero-order chi connectivity index (χ0) is 19.3. The van der Waals surface area contributed by atoms with Gasteiger partial charge in [0.05, 0.1) is 12.3 Å². The molecular formula is C20H38N4O2. The molecule has 0 aromatic heterocycles. The Kier molecular flexibility index (Phi) is 7.47. The standard InChI is InChI=1S/C20H38N4O2/c1-6-13-21-15(3)23-18(25)20(5,17-11-9-8-10-12-17)24(19(23)26)16(4)22-14-7-2/h15-17,21-22H,6-14H2,1-5H3. The van der Waals surface area contributed by atoms with Crippen molar-refractivity contribution in [3.05, 3.63) is 0 Å². The molecule has 3 atom stereocenters. The first kappa shape index (κ1) is 21.2. The first-order valence-electron chi connectivity index (χ1n) is 10.5. The number of hydrogen-bond acceptors (Lipinski definition) is 4. The molecule has 0 aromatic carbocycles. The van der Waals surface area contributed by atoms with Crippen LogP contribution < -0.4 is 10.6 Å². The number of carbonyl (C=O) groups is 2. The number of urea groups is 1. The zero-order valence-corrected chi connectivity index (χ0v) is 17.3. The fourth-order valence-corrected chi connectivity index (χ4v) is 4.58. The summed E-state index contributed by atoms with van der Waals surface area (Å²) in [6.45, 7) is 11.8. The lowest BCUT2D eigenvalue weighted by atomic mass is 9.74. The largest absolute Gasteiger partial charge is 0.330 e. The first-order valence-corrected chi connectivity index (χ1v) is 10.5. The number of imide groups is 1. The van der Waals surface area contributed by atoms with Crippen molar-refractivity contribution in [1.29, 1.82) is 0 Å². The minimum atomic E-state index is -0.750. The van der Waals surface area contributed by atoms with E-state index in [1.54, 1.807) is 0 Å². The number of carbonyl (C=O) groups excluding carboxylic acids is 2. The van der Waals surface area contributed by atoms with Gasteiger partial charge in [0.25, 0.3) is 5.91 Å². The van der Waals surface area contributed by atoms with Crippen LogP contribution >= 0.6 is 0 Å². The molecule has 150 valence electrons. The molecule has 26 heavy (non-hydrogen) atoms. The van der Waals surface area contributed by atoms with E-state index in [4.69, 9.17) is 0 Å². The Labute approximate surface area is 159 Å². The van der Waals surface area contributed by atoms with Crippen molar-refractivity contribution in [2.45, 2.75) is 97.4 Å². The van der Waals surface area contributed by atoms with Crippen LogP contribution in [0.1, 0.15) is 79.6 Å². The van der Waals surface area contributed by atoms with Crippen LogP contribution in [-0.4, -0.2) is 52.7 Å². The van der Waals surface area contributed by atoms with E-state index in [0.717, 1.165) is 51.6 Å². The van der Waals surface area contributed by atoms with Crippen molar-refractivity contribution in [2.24, 2.45) is 5.92 Å². The molecule has 0 aromatic rings. The van der Waals surface area contributed by atoms with Gasteiger partial charge >= 0.3 is 6.03 Å². The Morgan fingerprint density at radius 3 is 2.08 bits per heavy atom. The van der Waals surface area contributed by atoms with Crippen LogP contribution in [0.4, 0.5) is 4.79 Å². The smallest absolute Gasteiger partial charge is 0.297 e. The lowest BCUT2D eigenvalue weighted by Gasteiger charge is -2.43. The van der Waals surface area contributed by atoms with E-state index in [1.807, 2.05) is 25.7 Å². The van der Waals surface area contributed by atoms with E-state index in [9.17, 15) is 9.59 Å². The van der Waals surface area contributed by atoms with E-state index in [2.05, 4.69) is 24.5 Å². The monoisotopic (exact) mass is 366 g/mol. The summed E-state index contributed by atoms with van der Waals surface area (Å²) in [4.78, 5) is 30.2. The number of rotatable bonds is 9. The highest BCUT2D eigenvalue weighted by molar-refractivity contribution is 6.07. The average Bonchev–Trinajstić information content (AvgIpc) is 2.85. The molecule has 2 N–H and O–H groups in total. The third-order valence-corrected chi connectivity index (χ3v) is 6.12. The molecule has 1 aliphatic carbocycles. The summed E-state index contributed by atoms with van der Waals surface area (Å²) >= 11 is 0. The molecule has 6 nitrogen and oxygen atoms in total. The van der Waals surface area contributed by atoms with Crippen molar-refractivity contribution in [2.75, 3.05) is 13.1 Å². The highest BCUT2D eigenvalue weighted by Gasteiger charge is 2.60. The summed E-state index contributed by atoms with van der Waals surface area (Å²) in [5, 5.41) is 6.74. The number of nitrogens with zero attached hydrogens (tertiary/aromatic N) is 2. The van der Waals surface area contributed by atoms with E-state index in [1.165, 1.54) is 11.3 Å². The lowest BCUT2D eigenvalue weighted by molar-refractivity contribution is -0.138. The van der Waals surface area contributed by atoms with Crippen LogP contribution in [0.15, 0.2) is 0 Å². The second-order valence-electron chi connectivity index (χ2n) is 8.07. The van der Waals surface area contributed by atoms with Crippen LogP contribution in [0.25, 0.3) is 0 Å². The minimum absolute atomic E-state index is 0.0318. The molecule has 6 heteroatoms. The van der Waals surface area contributed by atoms with Crippen LogP contribution in [0.2, 0.25) is 0 Å². The Balaban J connectivity index is 2.33. The van der Waals surface area contributed by atoms with Gasteiger partial charge in [-0.25, -0.2) is 9.69 Å². The van der Waals surface area contributed by atoms with Gasteiger partial charge in [-0.1, -0.05) is 33.1 Å². The molecule has 0 radical (unpaired) electrons. The summed E-state index contributed by atoms with van der Waals surface area (Å²) in [7, 11) is 0.